The first kappa shape index (κ1) is 12.1. The van der Waals surface area contributed by atoms with Gasteiger partial charge in [-0.3, -0.25) is 4.98 Å². The number of carbonyl (C=O) groups is 1. The van der Waals surface area contributed by atoms with Crippen molar-refractivity contribution in [3.05, 3.63) is 53.9 Å². The number of aromatic nitrogens is 3. The van der Waals surface area contributed by atoms with E-state index in [9.17, 15) is 4.79 Å². The Bertz CT molecular complexity index is 531. The minimum atomic E-state index is -1.06. The zero-order valence-electron chi connectivity index (χ0n) is 9.48. The first-order valence-corrected chi connectivity index (χ1v) is 5.26. The number of carboxylic acids is 1. The van der Waals surface area contributed by atoms with Crippen LogP contribution in [0.15, 0.2) is 37.1 Å². The molecule has 0 atom stereocenters. The van der Waals surface area contributed by atoms with Crippen molar-refractivity contribution in [1.29, 1.82) is 0 Å². The Morgan fingerprint density at radius 2 is 2.17 bits per heavy atom. The fourth-order valence-electron chi connectivity index (χ4n) is 1.40. The monoisotopic (exact) mass is 245 g/mol. The fraction of sp³-hybridized carbons (Fsp3) is 0.167. The second kappa shape index (κ2) is 5.83. The maximum Gasteiger partial charge on any atom is 0.339 e. The molecular weight excluding hydrogens is 234 g/mol. The van der Waals surface area contributed by atoms with Crippen molar-refractivity contribution in [2.24, 2.45) is 0 Å². The predicted molar refractivity (Wildman–Crippen MR) is 61.7 cm³/mol. The van der Waals surface area contributed by atoms with Crippen molar-refractivity contribution in [2.75, 3.05) is 0 Å². The lowest BCUT2D eigenvalue weighted by molar-refractivity contribution is 0.0680. The third-order valence-electron chi connectivity index (χ3n) is 2.26. The zero-order chi connectivity index (χ0) is 12.8. The highest BCUT2D eigenvalue weighted by Crippen LogP contribution is 2.07. The topological polar surface area (TPSA) is 85.2 Å². The molecule has 2 aromatic rings. The van der Waals surface area contributed by atoms with Crippen LogP contribution in [0.25, 0.3) is 0 Å². The van der Waals surface area contributed by atoms with Gasteiger partial charge in [0.1, 0.15) is 11.9 Å². The lowest BCUT2D eigenvalue weighted by atomic mass is 10.2. The molecule has 0 aliphatic carbocycles. The second-order valence-corrected chi connectivity index (χ2v) is 3.54. The van der Waals surface area contributed by atoms with Crippen LogP contribution in [0.5, 0.6) is 0 Å². The summed E-state index contributed by atoms with van der Waals surface area (Å²) in [5, 5.41) is 8.94. The van der Waals surface area contributed by atoms with Crippen molar-refractivity contribution in [3.63, 3.8) is 0 Å². The molecular formula is C12H11N3O3. The highest BCUT2D eigenvalue weighted by atomic mass is 16.5. The van der Waals surface area contributed by atoms with Gasteiger partial charge < -0.3 is 9.84 Å². The first-order chi connectivity index (χ1) is 8.77. The average molecular weight is 245 g/mol. The average Bonchev–Trinajstić information content (AvgIpc) is 2.40. The predicted octanol–water partition coefficient (Wildman–Crippen LogP) is 1.29. The normalized spacial score (nSPS) is 10.2. The number of aromatic carboxylic acids is 1. The molecule has 0 aromatic carbocycles. The smallest absolute Gasteiger partial charge is 0.339 e. The fourth-order valence-corrected chi connectivity index (χ4v) is 1.40. The molecule has 2 heterocycles. The number of hydrogen-bond donors (Lipinski definition) is 1. The highest BCUT2D eigenvalue weighted by molar-refractivity contribution is 5.88. The number of pyridine rings is 1. The molecule has 18 heavy (non-hydrogen) atoms. The first-order valence-electron chi connectivity index (χ1n) is 5.26. The number of nitrogens with zero attached hydrogens (tertiary/aromatic N) is 3. The van der Waals surface area contributed by atoms with Crippen LogP contribution >= 0.6 is 0 Å². The molecule has 0 fully saturated rings. The molecule has 1 N–H and O–H groups in total. The van der Waals surface area contributed by atoms with Crippen molar-refractivity contribution in [2.45, 2.75) is 13.2 Å². The van der Waals surface area contributed by atoms with Gasteiger partial charge in [-0.25, -0.2) is 14.8 Å². The Labute approximate surface area is 103 Å². The van der Waals surface area contributed by atoms with Gasteiger partial charge in [0.05, 0.1) is 18.9 Å². The molecule has 6 nitrogen and oxygen atoms in total. The maximum absolute atomic E-state index is 10.9. The molecule has 92 valence electrons. The molecule has 0 aliphatic rings. The summed E-state index contributed by atoms with van der Waals surface area (Å²) >= 11 is 0. The van der Waals surface area contributed by atoms with Crippen LogP contribution in [0.2, 0.25) is 0 Å². The van der Waals surface area contributed by atoms with E-state index in [-0.39, 0.29) is 12.2 Å². The minimum absolute atomic E-state index is 0.0590. The van der Waals surface area contributed by atoms with Crippen LogP contribution in [0, 0.1) is 0 Å². The molecule has 0 unspecified atom stereocenters. The minimum Gasteiger partial charge on any atom is -0.478 e. The van der Waals surface area contributed by atoms with E-state index in [0.717, 1.165) is 5.56 Å². The number of carboxylic acid groups (broad SMARTS) is 1. The van der Waals surface area contributed by atoms with Crippen LogP contribution in [-0.4, -0.2) is 26.0 Å². The van der Waals surface area contributed by atoms with Gasteiger partial charge >= 0.3 is 5.97 Å². The molecule has 0 spiro atoms. The third-order valence-corrected chi connectivity index (χ3v) is 2.26. The lowest BCUT2D eigenvalue weighted by Gasteiger charge is -2.05. The van der Waals surface area contributed by atoms with Gasteiger partial charge in [0.2, 0.25) is 0 Å². The van der Waals surface area contributed by atoms with Gasteiger partial charge in [-0.1, -0.05) is 6.07 Å². The Morgan fingerprint density at radius 1 is 1.28 bits per heavy atom. The second-order valence-electron chi connectivity index (χ2n) is 3.54. The van der Waals surface area contributed by atoms with Crippen molar-refractivity contribution < 1.29 is 14.6 Å². The van der Waals surface area contributed by atoms with E-state index in [2.05, 4.69) is 15.0 Å². The van der Waals surface area contributed by atoms with Crippen molar-refractivity contribution in [1.82, 2.24) is 15.0 Å². The van der Waals surface area contributed by atoms with E-state index in [4.69, 9.17) is 9.84 Å². The van der Waals surface area contributed by atoms with Gasteiger partial charge in [-0.15, -0.1) is 0 Å². The Kier molecular flexibility index (Phi) is 3.93. The van der Waals surface area contributed by atoms with E-state index in [1.165, 1.54) is 12.5 Å². The quantitative estimate of drug-likeness (QED) is 0.854. The van der Waals surface area contributed by atoms with Crippen LogP contribution in [0.1, 0.15) is 21.6 Å². The van der Waals surface area contributed by atoms with Gasteiger partial charge in [0, 0.05) is 18.6 Å². The summed E-state index contributed by atoms with van der Waals surface area (Å²) in [4.78, 5) is 22.4. The van der Waals surface area contributed by atoms with Crippen LogP contribution in [0.3, 0.4) is 0 Å². The van der Waals surface area contributed by atoms with Gasteiger partial charge in [-0.05, 0) is 11.6 Å². The summed E-state index contributed by atoms with van der Waals surface area (Å²) < 4.78 is 5.40. The van der Waals surface area contributed by atoms with Crippen LogP contribution in [0.4, 0.5) is 0 Å². The molecule has 0 radical (unpaired) electrons. The molecule has 0 saturated carbocycles. The molecule has 0 bridgehead atoms. The summed E-state index contributed by atoms with van der Waals surface area (Å²) in [5.41, 5.74) is 1.34. The SMILES string of the molecule is O=C(O)c1cncnc1COCc1cccnc1. The zero-order valence-corrected chi connectivity index (χ0v) is 9.48. The van der Waals surface area contributed by atoms with E-state index in [0.29, 0.717) is 12.3 Å². The van der Waals surface area contributed by atoms with E-state index in [1.807, 2.05) is 12.1 Å². The summed E-state index contributed by atoms with van der Waals surface area (Å²) in [5.74, 6) is -1.06. The number of hydrogen-bond acceptors (Lipinski definition) is 5. The van der Waals surface area contributed by atoms with Crippen molar-refractivity contribution >= 4 is 5.97 Å². The van der Waals surface area contributed by atoms with Gasteiger partial charge in [0.15, 0.2) is 0 Å². The Balaban J connectivity index is 1.97. The molecule has 2 aromatic heterocycles. The Hall–Kier alpha value is -2.34. The summed E-state index contributed by atoms with van der Waals surface area (Å²) in [6.07, 6.45) is 5.93. The Morgan fingerprint density at radius 3 is 2.89 bits per heavy atom. The third kappa shape index (κ3) is 3.08. The van der Waals surface area contributed by atoms with Gasteiger partial charge in [-0.2, -0.15) is 0 Å². The highest BCUT2D eigenvalue weighted by Gasteiger charge is 2.11. The largest absolute Gasteiger partial charge is 0.478 e. The molecule has 2 rings (SSSR count). The molecule has 0 aliphatic heterocycles. The summed E-state index contributed by atoms with van der Waals surface area (Å²) in [7, 11) is 0. The molecule has 6 heteroatoms. The lowest BCUT2D eigenvalue weighted by Crippen LogP contribution is -2.07. The molecule has 0 saturated heterocycles. The van der Waals surface area contributed by atoms with E-state index < -0.39 is 5.97 Å². The number of ether oxygens (including phenoxy) is 1. The van der Waals surface area contributed by atoms with Crippen molar-refractivity contribution in [3.8, 4) is 0 Å². The molecule has 0 amide bonds. The number of rotatable bonds is 5. The summed E-state index contributed by atoms with van der Waals surface area (Å²) in [6, 6.07) is 3.69. The maximum atomic E-state index is 10.9. The van der Waals surface area contributed by atoms with Crippen LogP contribution in [-0.2, 0) is 18.0 Å². The standard InChI is InChI=1S/C12H11N3O3/c16-12(17)10-5-14-8-15-11(10)7-18-6-9-2-1-3-13-4-9/h1-5,8H,6-7H2,(H,16,17). The van der Waals surface area contributed by atoms with E-state index >= 15 is 0 Å². The summed E-state index contributed by atoms with van der Waals surface area (Å²) in [6.45, 7) is 0.482. The van der Waals surface area contributed by atoms with Crippen LogP contribution < -0.4 is 0 Å². The van der Waals surface area contributed by atoms with E-state index in [1.54, 1.807) is 12.4 Å². The van der Waals surface area contributed by atoms with Gasteiger partial charge in [0.25, 0.3) is 0 Å².